The van der Waals surface area contributed by atoms with Crippen molar-refractivity contribution in [1.82, 2.24) is 0 Å². The van der Waals surface area contributed by atoms with E-state index in [0.717, 1.165) is 25.7 Å². The second-order valence-corrected chi connectivity index (χ2v) is 3.97. The van der Waals surface area contributed by atoms with E-state index in [4.69, 9.17) is 15.6 Å². The van der Waals surface area contributed by atoms with E-state index in [0.29, 0.717) is 0 Å². The Balaban J connectivity index is 0.000000770. The van der Waals surface area contributed by atoms with E-state index in [2.05, 4.69) is 4.74 Å². The highest BCUT2D eigenvalue weighted by Gasteiger charge is 2.25. The van der Waals surface area contributed by atoms with Gasteiger partial charge in [-0.1, -0.05) is 19.3 Å². The van der Waals surface area contributed by atoms with Crippen molar-refractivity contribution in [1.29, 1.82) is 0 Å². The molecule has 0 aromatic carbocycles. The number of carbonyl (C=O) groups excluding carboxylic acids is 2. The summed E-state index contributed by atoms with van der Waals surface area (Å²) in [5.74, 6) is -1.11. The monoisotopic (exact) mass is 245 g/mol. The Kier molecular flexibility index (Phi) is 7.96. The normalized spacial score (nSPS) is 17.3. The largest absolute Gasteiger partial charge is 0.483 e. The van der Waals surface area contributed by atoms with Crippen LogP contribution in [-0.4, -0.2) is 29.6 Å². The molecule has 1 fully saturated rings. The first-order valence-electron chi connectivity index (χ1n) is 5.61. The number of hydrogen-bond donors (Lipinski definition) is 2. The van der Waals surface area contributed by atoms with Crippen molar-refractivity contribution < 1.29 is 24.2 Å². The first-order valence-corrected chi connectivity index (χ1v) is 5.61. The van der Waals surface area contributed by atoms with Crippen LogP contribution < -0.4 is 5.73 Å². The molecular weight excluding hydrogens is 226 g/mol. The molecule has 0 radical (unpaired) electrons. The number of esters is 2. The Bertz CT molecular complexity index is 259. The molecule has 0 unspecified atom stereocenters. The number of rotatable bonds is 2. The van der Waals surface area contributed by atoms with Gasteiger partial charge in [-0.25, -0.2) is 4.79 Å². The number of ether oxygens (including phenoxy) is 1. The molecule has 0 amide bonds. The number of hydrogen-bond acceptors (Lipinski definition) is 5. The lowest BCUT2D eigenvalue weighted by Gasteiger charge is -2.19. The zero-order chi connectivity index (χ0) is 13.3. The fourth-order valence-electron chi connectivity index (χ4n) is 1.61. The molecule has 0 aromatic rings. The second kappa shape index (κ2) is 8.69. The van der Waals surface area contributed by atoms with Gasteiger partial charge in [0, 0.05) is 0 Å². The van der Waals surface area contributed by atoms with Crippen molar-refractivity contribution in [3.63, 3.8) is 0 Å². The van der Waals surface area contributed by atoms with Gasteiger partial charge in [0.25, 0.3) is 6.47 Å². The first kappa shape index (κ1) is 15.6. The summed E-state index contributed by atoms with van der Waals surface area (Å²) in [4.78, 5) is 30.8. The molecule has 6 nitrogen and oxygen atoms in total. The maximum atomic E-state index is 11.4. The summed E-state index contributed by atoms with van der Waals surface area (Å²) >= 11 is 0. The number of carbonyl (C=O) groups is 3. The summed E-state index contributed by atoms with van der Waals surface area (Å²) in [5.41, 5.74) is 5.29. The summed E-state index contributed by atoms with van der Waals surface area (Å²) in [7, 11) is 0. The van der Waals surface area contributed by atoms with E-state index in [1.165, 1.54) is 13.3 Å². The summed E-state index contributed by atoms with van der Waals surface area (Å²) in [6, 6.07) is -0.720. The maximum Gasteiger partial charge on any atom is 0.330 e. The van der Waals surface area contributed by atoms with Gasteiger partial charge in [-0.2, -0.15) is 0 Å². The quantitative estimate of drug-likeness (QED) is 0.421. The minimum absolute atomic E-state index is 0.0913. The lowest BCUT2D eigenvalue weighted by atomic mass is 9.89. The fourth-order valence-corrected chi connectivity index (χ4v) is 1.61. The SMILES string of the molecule is C[C@H](N)C(=O)OC(=O)C1CCCCC1.O=CO. The van der Waals surface area contributed by atoms with Gasteiger partial charge in [0.05, 0.1) is 5.92 Å². The van der Waals surface area contributed by atoms with Crippen LogP contribution in [0.2, 0.25) is 0 Å². The van der Waals surface area contributed by atoms with E-state index in [9.17, 15) is 9.59 Å². The van der Waals surface area contributed by atoms with Crippen LogP contribution in [0.15, 0.2) is 0 Å². The first-order chi connectivity index (χ1) is 8.02. The second-order valence-electron chi connectivity index (χ2n) is 3.97. The van der Waals surface area contributed by atoms with Crippen LogP contribution >= 0.6 is 0 Å². The van der Waals surface area contributed by atoms with Gasteiger partial charge >= 0.3 is 11.9 Å². The molecular formula is C11H19NO5. The van der Waals surface area contributed by atoms with Crippen molar-refractivity contribution in [2.75, 3.05) is 0 Å². The van der Waals surface area contributed by atoms with Gasteiger partial charge in [0.2, 0.25) is 0 Å². The molecule has 1 rings (SSSR count). The van der Waals surface area contributed by atoms with Crippen LogP contribution in [-0.2, 0) is 19.1 Å². The van der Waals surface area contributed by atoms with Crippen LogP contribution in [0.1, 0.15) is 39.0 Å². The highest BCUT2D eigenvalue weighted by molar-refractivity contribution is 5.89. The van der Waals surface area contributed by atoms with Gasteiger partial charge in [-0.15, -0.1) is 0 Å². The molecule has 0 heterocycles. The van der Waals surface area contributed by atoms with Gasteiger partial charge in [-0.05, 0) is 19.8 Å². The molecule has 3 N–H and O–H groups in total. The van der Waals surface area contributed by atoms with Crippen molar-refractivity contribution in [2.24, 2.45) is 11.7 Å². The average molecular weight is 245 g/mol. The Labute approximate surface area is 100 Å². The number of nitrogens with two attached hydrogens (primary N) is 1. The van der Waals surface area contributed by atoms with Crippen molar-refractivity contribution in [3.05, 3.63) is 0 Å². The molecule has 0 saturated heterocycles. The Morgan fingerprint density at radius 2 is 1.82 bits per heavy atom. The molecule has 1 aliphatic carbocycles. The van der Waals surface area contributed by atoms with E-state index in [-0.39, 0.29) is 12.4 Å². The van der Waals surface area contributed by atoms with Crippen LogP contribution in [0.4, 0.5) is 0 Å². The maximum absolute atomic E-state index is 11.4. The Morgan fingerprint density at radius 3 is 2.24 bits per heavy atom. The average Bonchev–Trinajstić information content (AvgIpc) is 2.31. The standard InChI is InChI=1S/C10H17NO3.CH2O2/c1-7(11)9(12)14-10(13)8-5-3-2-4-6-8;2-1-3/h7-8H,2-6,11H2,1H3;1H,(H,2,3)/t7-;/m0./s1. The van der Waals surface area contributed by atoms with E-state index < -0.39 is 18.0 Å². The Morgan fingerprint density at radius 1 is 1.35 bits per heavy atom. The van der Waals surface area contributed by atoms with Crippen molar-refractivity contribution in [2.45, 2.75) is 45.1 Å². The van der Waals surface area contributed by atoms with Crippen LogP contribution in [0, 0.1) is 5.92 Å². The summed E-state index contributed by atoms with van der Waals surface area (Å²) in [6.45, 7) is 1.26. The van der Waals surface area contributed by atoms with E-state index in [1.54, 1.807) is 0 Å². The minimum Gasteiger partial charge on any atom is -0.483 e. The van der Waals surface area contributed by atoms with Gasteiger partial charge in [0.15, 0.2) is 0 Å². The zero-order valence-corrected chi connectivity index (χ0v) is 9.93. The molecule has 1 saturated carbocycles. The molecule has 1 aliphatic rings. The van der Waals surface area contributed by atoms with E-state index in [1.807, 2.05) is 0 Å². The lowest BCUT2D eigenvalue weighted by Crippen LogP contribution is -2.33. The van der Waals surface area contributed by atoms with Gasteiger partial charge < -0.3 is 15.6 Å². The van der Waals surface area contributed by atoms with Gasteiger partial charge in [-0.3, -0.25) is 9.59 Å². The van der Waals surface area contributed by atoms with E-state index >= 15 is 0 Å². The predicted molar refractivity (Wildman–Crippen MR) is 60.0 cm³/mol. The van der Waals surface area contributed by atoms with Crippen molar-refractivity contribution >= 4 is 18.4 Å². The van der Waals surface area contributed by atoms with Crippen LogP contribution in [0.25, 0.3) is 0 Å². The topological polar surface area (TPSA) is 107 Å². The lowest BCUT2D eigenvalue weighted by molar-refractivity contribution is -0.164. The third-order valence-corrected chi connectivity index (χ3v) is 2.51. The summed E-state index contributed by atoms with van der Waals surface area (Å²) < 4.78 is 4.65. The zero-order valence-electron chi connectivity index (χ0n) is 9.93. The van der Waals surface area contributed by atoms with Crippen molar-refractivity contribution in [3.8, 4) is 0 Å². The molecule has 0 aromatic heterocycles. The van der Waals surface area contributed by atoms with Crippen LogP contribution in [0.5, 0.6) is 0 Å². The Hall–Kier alpha value is -1.43. The van der Waals surface area contributed by atoms with Gasteiger partial charge in [0.1, 0.15) is 6.04 Å². The summed E-state index contributed by atoms with van der Waals surface area (Å²) in [5, 5.41) is 6.89. The molecule has 6 heteroatoms. The molecule has 1 atom stereocenters. The smallest absolute Gasteiger partial charge is 0.330 e. The summed E-state index contributed by atoms with van der Waals surface area (Å²) in [6.07, 6.45) is 4.94. The predicted octanol–water partition coefficient (Wildman–Crippen LogP) is 0.684. The highest BCUT2D eigenvalue weighted by Crippen LogP contribution is 2.24. The molecule has 0 spiro atoms. The minimum atomic E-state index is -0.720. The third kappa shape index (κ3) is 6.68. The number of carboxylic acid groups (broad SMARTS) is 1. The molecule has 17 heavy (non-hydrogen) atoms. The molecule has 98 valence electrons. The molecule has 0 aliphatic heterocycles. The highest BCUT2D eigenvalue weighted by atomic mass is 16.6. The fraction of sp³-hybridized carbons (Fsp3) is 0.727. The third-order valence-electron chi connectivity index (χ3n) is 2.51. The molecule has 0 bridgehead atoms. The van der Waals surface area contributed by atoms with Crippen LogP contribution in [0.3, 0.4) is 0 Å².